The predicted octanol–water partition coefficient (Wildman–Crippen LogP) is 2.43. The summed E-state index contributed by atoms with van der Waals surface area (Å²) in [6.07, 6.45) is 5.45. The Hall–Kier alpha value is -0.120. The molecule has 0 spiro atoms. The Bertz CT molecular complexity index is 242. The summed E-state index contributed by atoms with van der Waals surface area (Å²) in [7, 11) is 6.49. The van der Waals surface area contributed by atoms with Crippen molar-refractivity contribution in [2.75, 3.05) is 34.2 Å². The van der Waals surface area contributed by atoms with Crippen molar-refractivity contribution in [1.29, 1.82) is 0 Å². The van der Waals surface area contributed by atoms with Crippen molar-refractivity contribution in [3.8, 4) is 0 Å². The van der Waals surface area contributed by atoms with E-state index in [2.05, 4.69) is 57.0 Å². The molecular formula is C16H35N3. The third-order valence-corrected chi connectivity index (χ3v) is 4.86. The summed E-state index contributed by atoms with van der Waals surface area (Å²) in [5.74, 6) is 0.926. The zero-order valence-electron chi connectivity index (χ0n) is 13.9. The van der Waals surface area contributed by atoms with Gasteiger partial charge in [-0.05, 0) is 59.8 Å². The second kappa shape index (κ2) is 8.23. The van der Waals surface area contributed by atoms with Crippen LogP contribution in [-0.4, -0.2) is 62.2 Å². The third kappa shape index (κ3) is 4.73. The molecular weight excluding hydrogens is 234 g/mol. The summed E-state index contributed by atoms with van der Waals surface area (Å²) in [4.78, 5) is 5.03. The quantitative estimate of drug-likeness (QED) is 0.766. The molecule has 0 aliphatic heterocycles. The molecule has 0 aromatic carbocycles. The Morgan fingerprint density at radius 1 is 1.21 bits per heavy atom. The Kier molecular flexibility index (Phi) is 7.33. The van der Waals surface area contributed by atoms with Crippen molar-refractivity contribution in [3.05, 3.63) is 0 Å². The van der Waals surface area contributed by atoms with Gasteiger partial charge in [-0.1, -0.05) is 20.3 Å². The minimum atomic E-state index is 0.636. The first-order valence-electron chi connectivity index (χ1n) is 8.11. The summed E-state index contributed by atoms with van der Waals surface area (Å²) < 4.78 is 0. The Morgan fingerprint density at radius 2 is 1.89 bits per heavy atom. The van der Waals surface area contributed by atoms with Gasteiger partial charge in [-0.15, -0.1) is 0 Å². The Morgan fingerprint density at radius 3 is 2.37 bits per heavy atom. The second-order valence-corrected chi connectivity index (χ2v) is 6.49. The van der Waals surface area contributed by atoms with Gasteiger partial charge in [0.05, 0.1) is 0 Å². The minimum absolute atomic E-state index is 0.636. The van der Waals surface area contributed by atoms with E-state index in [9.17, 15) is 0 Å². The minimum Gasteiger partial charge on any atom is -0.315 e. The highest BCUT2D eigenvalue weighted by Crippen LogP contribution is 2.31. The fourth-order valence-electron chi connectivity index (χ4n) is 3.81. The van der Waals surface area contributed by atoms with E-state index in [1.54, 1.807) is 0 Å². The third-order valence-electron chi connectivity index (χ3n) is 4.86. The van der Waals surface area contributed by atoms with Crippen LogP contribution in [0.1, 0.15) is 46.5 Å². The van der Waals surface area contributed by atoms with Crippen molar-refractivity contribution in [3.63, 3.8) is 0 Å². The molecule has 19 heavy (non-hydrogen) atoms. The standard InChI is InChI=1S/C16H35N3/c1-7-14-9-10-15(17-4)16(11-14)19(8-2)13(3)12-18(5)6/h13-17H,7-12H2,1-6H3. The lowest BCUT2D eigenvalue weighted by molar-refractivity contribution is 0.0614. The molecule has 3 nitrogen and oxygen atoms in total. The van der Waals surface area contributed by atoms with Crippen LogP contribution < -0.4 is 5.32 Å². The number of nitrogens with zero attached hydrogens (tertiary/aromatic N) is 2. The zero-order valence-corrected chi connectivity index (χ0v) is 13.9. The van der Waals surface area contributed by atoms with Gasteiger partial charge in [-0.2, -0.15) is 0 Å². The molecule has 3 heteroatoms. The molecule has 0 aromatic rings. The van der Waals surface area contributed by atoms with Crippen molar-refractivity contribution in [2.24, 2.45) is 5.92 Å². The van der Waals surface area contributed by atoms with Crippen molar-refractivity contribution in [1.82, 2.24) is 15.1 Å². The Balaban J connectivity index is 2.73. The van der Waals surface area contributed by atoms with Crippen LogP contribution in [0.4, 0.5) is 0 Å². The summed E-state index contributed by atoms with van der Waals surface area (Å²) in [5, 5.41) is 3.57. The van der Waals surface area contributed by atoms with Gasteiger partial charge >= 0.3 is 0 Å². The van der Waals surface area contributed by atoms with Crippen LogP contribution in [-0.2, 0) is 0 Å². The fourth-order valence-corrected chi connectivity index (χ4v) is 3.81. The molecule has 0 saturated heterocycles. The van der Waals surface area contributed by atoms with E-state index in [0.717, 1.165) is 19.0 Å². The van der Waals surface area contributed by atoms with Crippen LogP contribution in [0, 0.1) is 5.92 Å². The molecule has 1 N–H and O–H groups in total. The second-order valence-electron chi connectivity index (χ2n) is 6.49. The van der Waals surface area contributed by atoms with E-state index in [-0.39, 0.29) is 0 Å². The van der Waals surface area contributed by atoms with Crippen LogP contribution in [0.2, 0.25) is 0 Å². The SMILES string of the molecule is CCC1CCC(NC)C(N(CC)C(C)CN(C)C)C1. The summed E-state index contributed by atoms with van der Waals surface area (Å²) in [6.45, 7) is 9.35. The molecule has 4 unspecified atom stereocenters. The molecule has 0 bridgehead atoms. The first-order chi connectivity index (χ1) is 9.03. The van der Waals surface area contributed by atoms with E-state index in [0.29, 0.717) is 18.1 Å². The fraction of sp³-hybridized carbons (Fsp3) is 1.00. The first-order valence-corrected chi connectivity index (χ1v) is 8.11. The molecule has 1 saturated carbocycles. The number of likely N-dealkylation sites (N-methyl/N-ethyl adjacent to an activating group) is 3. The highest BCUT2D eigenvalue weighted by atomic mass is 15.2. The molecule has 0 aromatic heterocycles. The van der Waals surface area contributed by atoms with E-state index < -0.39 is 0 Å². The van der Waals surface area contributed by atoms with Gasteiger partial charge in [0.1, 0.15) is 0 Å². The molecule has 0 heterocycles. The largest absolute Gasteiger partial charge is 0.315 e. The summed E-state index contributed by atoms with van der Waals surface area (Å²) in [5.41, 5.74) is 0. The van der Waals surface area contributed by atoms with Crippen LogP contribution in [0.3, 0.4) is 0 Å². The lowest BCUT2D eigenvalue weighted by Crippen LogP contribution is -2.56. The van der Waals surface area contributed by atoms with E-state index in [4.69, 9.17) is 0 Å². The molecule has 1 rings (SSSR count). The monoisotopic (exact) mass is 269 g/mol. The topological polar surface area (TPSA) is 18.5 Å². The molecule has 114 valence electrons. The van der Waals surface area contributed by atoms with E-state index in [1.165, 1.54) is 25.7 Å². The Labute approximate surface area is 120 Å². The van der Waals surface area contributed by atoms with E-state index in [1.807, 2.05) is 0 Å². The molecule has 1 fully saturated rings. The number of nitrogens with one attached hydrogen (secondary N) is 1. The molecule has 4 atom stereocenters. The average Bonchev–Trinajstić information content (AvgIpc) is 2.38. The molecule has 0 radical (unpaired) electrons. The average molecular weight is 269 g/mol. The van der Waals surface area contributed by atoms with Gasteiger partial charge in [0.2, 0.25) is 0 Å². The van der Waals surface area contributed by atoms with Gasteiger partial charge < -0.3 is 10.2 Å². The highest BCUT2D eigenvalue weighted by molar-refractivity contribution is 4.92. The number of hydrogen-bond donors (Lipinski definition) is 1. The van der Waals surface area contributed by atoms with Crippen molar-refractivity contribution >= 4 is 0 Å². The maximum Gasteiger partial charge on any atom is 0.0255 e. The number of rotatable bonds is 7. The van der Waals surface area contributed by atoms with Gasteiger partial charge in [0.15, 0.2) is 0 Å². The van der Waals surface area contributed by atoms with Gasteiger partial charge in [0.25, 0.3) is 0 Å². The van der Waals surface area contributed by atoms with Crippen LogP contribution in [0.15, 0.2) is 0 Å². The van der Waals surface area contributed by atoms with Crippen molar-refractivity contribution in [2.45, 2.75) is 64.6 Å². The van der Waals surface area contributed by atoms with Gasteiger partial charge in [-0.25, -0.2) is 0 Å². The maximum atomic E-state index is 3.57. The van der Waals surface area contributed by atoms with Crippen LogP contribution in [0.5, 0.6) is 0 Å². The summed E-state index contributed by atoms with van der Waals surface area (Å²) in [6, 6.07) is 2.02. The molecule has 1 aliphatic carbocycles. The van der Waals surface area contributed by atoms with Crippen LogP contribution in [0.25, 0.3) is 0 Å². The predicted molar refractivity (Wildman–Crippen MR) is 84.7 cm³/mol. The normalized spacial score (nSPS) is 30.0. The highest BCUT2D eigenvalue weighted by Gasteiger charge is 2.34. The molecule has 0 amide bonds. The zero-order chi connectivity index (χ0) is 14.4. The lowest BCUT2D eigenvalue weighted by atomic mass is 9.80. The van der Waals surface area contributed by atoms with Gasteiger partial charge in [-0.3, -0.25) is 4.90 Å². The van der Waals surface area contributed by atoms with Gasteiger partial charge in [0, 0.05) is 24.7 Å². The maximum absolute atomic E-state index is 3.57. The first kappa shape index (κ1) is 16.9. The van der Waals surface area contributed by atoms with Crippen molar-refractivity contribution < 1.29 is 0 Å². The lowest BCUT2D eigenvalue weighted by Gasteiger charge is -2.45. The van der Waals surface area contributed by atoms with Crippen LogP contribution >= 0.6 is 0 Å². The smallest absolute Gasteiger partial charge is 0.0255 e. The van der Waals surface area contributed by atoms with E-state index >= 15 is 0 Å². The number of hydrogen-bond acceptors (Lipinski definition) is 3. The summed E-state index contributed by atoms with van der Waals surface area (Å²) >= 11 is 0. The molecule has 1 aliphatic rings.